The highest BCUT2D eigenvalue weighted by Gasteiger charge is 2.44. The summed E-state index contributed by atoms with van der Waals surface area (Å²) >= 11 is 7.17. The summed E-state index contributed by atoms with van der Waals surface area (Å²) in [4.78, 5) is 48.8. The Balaban J connectivity index is 1.24. The van der Waals surface area contributed by atoms with Crippen molar-refractivity contribution in [2.45, 2.75) is 82.3 Å². The smallest absolute Gasteiger partial charge is 0.407 e. The number of piperidine rings is 2. The van der Waals surface area contributed by atoms with Crippen LogP contribution in [-0.4, -0.2) is 100 Å². The Bertz CT molecular complexity index is 1410. The number of nitrogens with zero attached hydrogens (tertiary/aromatic N) is 4. The standard InChI is InChI=1S/C35H45Br2N5O4/c36-29-10-9-24(22-30(29)37)21-28(33(43)40-17-12-26(13-18-40)39-15-5-1-2-6-16-39)32-23-27(14-20-42(32)35(45)46)41-19-11-25-7-3-4-8-31(25)38-34(41)44/h3-4,7-10,22,26-28,32H,1-2,5-6,11-21,23H2,(H,38,44)(H,45,46)/t27?,28?,32-/m1/s1. The monoisotopic (exact) mass is 757 g/mol. The molecule has 11 heteroatoms. The number of amides is 4. The van der Waals surface area contributed by atoms with Crippen molar-refractivity contribution in [3.05, 3.63) is 62.5 Å². The third-order valence-electron chi connectivity index (χ3n) is 10.6. The SMILES string of the molecule is O=C(C(Cc1ccc(Br)c(Br)c1)[C@H]1CC(N2CCc3ccccc3NC2=O)CCN1C(=O)O)N1CCC(N2CCCCCC2)CC1. The minimum atomic E-state index is -1.01. The maximum Gasteiger partial charge on any atom is 0.407 e. The van der Waals surface area contributed by atoms with Crippen LogP contribution in [0.15, 0.2) is 51.4 Å². The molecule has 3 fully saturated rings. The van der Waals surface area contributed by atoms with Crippen molar-refractivity contribution in [3.8, 4) is 0 Å². The summed E-state index contributed by atoms with van der Waals surface area (Å²) in [5.41, 5.74) is 2.89. The van der Waals surface area contributed by atoms with Gasteiger partial charge in [0.25, 0.3) is 0 Å². The van der Waals surface area contributed by atoms with Gasteiger partial charge in [-0.2, -0.15) is 0 Å². The second-order valence-electron chi connectivity index (χ2n) is 13.3. The van der Waals surface area contributed by atoms with Crippen molar-refractivity contribution in [3.63, 3.8) is 0 Å². The van der Waals surface area contributed by atoms with Crippen molar-refractivity contribution in [1.29, 1.82) is 0 Å². The maximum absolute atomic E-state index is 14.6. The molecule has 6 rings (SSSR count). The van der Waals surface area contributed by atoms with Crippen molar-refractivity contribution < 1.29 is 19.5 Å². The summed E-state index contributed by atoms with van der Waals surface area (Å²) in [6.07, 6.45) is 8.11. The summed E-state index contributed by atoms with van der Waals surface area (Å²) in [5.74, 6) is -0.535. The van der Waals surface area contributed by atoms with Gasteiger partial charge in [0, 0.05) is 58.9 Å². The fourth-order valence-corrected chi connectivity index (χ4v) is 8.75. The summed E-state index contributed by atoms with van der Waals surface area (Å²) in [6, 6.07) is 13.5. The van der Waals surface area contributed by atoms with Gasteiger partial charge >= 0.3 is 12.1 Å². The molecule has 2 N–H and O–H groups in total. The zero-order valence-corrected chi connectivity index (χ0v) is 29.6. The number of carboxylic acid groups (broad SMARTS) is 1. The number of nitrogens with one attached hydrogen (secondary N) is 1. The lowest BCUT2D eigenvalue weighted by Gasteiger charge is -2.46. The minimum absolute atomic E-state index is 0.0259. The van der Waals surface area contributed by atoms with E-state index in [1.165, 1.54) is 30.6 Å². The van der Waals surface area contributed by atoms with Gasteiger partial charge in [-0.1, -0.05) is 37.1 Å². The molecule has 0 bridgehead atoms. The van der Waals surface area contributed by atoms with E-state index >= 15 is 0 Å². The lowest BCUT2D eigenvalue weighted by atomic mass is 9.82. The number of urea groups is 1. The Hall–Kier alpha value is -2.63. The average molecular weight is 760 g/mol. The summed E-state index contributed by atoms with van der Waals surface area (Å²) < 4.78 is 1.82. The fraction of sp³-hybridized carbons (Fsp3) is 0.571. The van der Waals surface area contributed by atoms with E-state index in [0.717, 1.165) is 58.1 Å². The Morgan fingerprint density at radius 3 is 2.30 bits per heavy atom. The fourth-order valence-electron chi connectivity index (χ4n) is 8.07. The predicted octanol–water partition coefficient (Wildman–Crippen LogP) is 6.84. The molecule has 248 valence electrons. The third kappa shape index (κ3) is 7.57. The second-order valence-corrected chi connectivity index (χ2v) is 15.0. The van der Waals surface area contributed by atoms with Crippen LogP contribution in [0.4, 0.5) is 15.3 Å². The summed E-state index contributed by atoms with van der Waals surface area (Å²) in [6.45, 7) is 4.51. The molecule has 9 nitrogen and oxygen atoms in total. The lowest BCUT2D eigenvalue weighted by Crippen LogP contribution is -2.59. The number of carbonyl (C=O) groups is 3. The van der Waals surface area contributed by atoms with E-state index in [1.54, 1.807) is 0 Å². The highest BCUT2D eigenvalue weighted by atomic mass is 79.9. The second kappa shape index (κ2) is 15.1. The van der Waals surface area contributed by atoms with E-state index < -0.39 is 18.1 Å². The molecule has 2 unspecified atom stereocenters. The van der Waals surface area contributed by atoms with Crippen LogP contribution in [0.2, 0.25) is 0 Å². The predicted molar refractivity (Wildman–Crippen MR) is 186 cm³/mol. The van der Waals surface area contributed by atoms with Crippen molar-refractivity contribution in [2.75, 3.05) is 44.6 Å². The highest BCUT2D eigenvalue weighted by Crippen LogP contribution is 2.34. The zero-order valence-electron chi connectivity index (χ0n) is 26.4. The van der Waals surface area contributed by atoms with E-state index in [-0.39, 0.29) is 24.5 Å². The number of carbonyl (C=O) groups excluding carboxylic acids is 2. The number of para-hydroxylation sites is 1. The molecule has 0 aromatic heterocycles. The summed E-state index contributed by atoms with van der Waals surface area (Å²) in [5, 5.41) is 13.5. The van der Waals surface area contributed by atoms with E-state index in [1.807, 2.05) is 52.3 Å². The molecule has 4 heterocycles. The van der Waals surface area contributed by atoms with E-state index in [2.05, 4.69) is 42.1 Å². The van der Waals surface area contributed by atoms with Crippen LogP contribution in [0.25, 0.3) is 0 Å². The first-order valence-corrected chi connectivity index (χ1v) is 18.5. The van der Waals surface area contributed by atoms with Crippen LogP contribution in [0.3, 0.4) is 0 Å². The molecular weight excluding hydrogens is 714 g/mol. The van der Waals surface area contributed by atoms with E-state index in [0.29, 0.717) is 44.9 Å². The van der Waals surface area contributed by atoms with Gasteiger partial charge in [0.1, 0.15) is 0 Å². The number of rotatable bonds is 6. The molecule has 0 radical (unpaired) electrons. The number of fused-ring (bicyclic) bond motifs is 1. The molecule has 0 saturated carbocycles. The van der Waals surface area contributed by atoms with Crippen LogP contribution in [-0.2, 0) is 17.6 Å². The van der Waals surface area contributed by atoms with Crippen LogP contribution < -0.4 is 5.32 Å². The number of hydrogen-bond acceptors (Lipinski definition) is 4. The molecule has 3 atom stereocenters. The normalized spacial score (nSPS) is 24.0. The van der Waals surface area contributed by atoms with Gasteiger partial charge in [-0.15, -0.1) is 0 Å². The Morgan fingerprint density at radius 2 is 1.59 bits per heavy atom. The first-order valence-electron chi connectivity index (χ1n) is 16.9. The lowest BCUT2D eigenvalue weighted by molar-refractivity contribution is -0.140. The van der Waals surface area contributed by atoms with Gasteiger partial charge in [-0.3, -0.25) is 4.79 Å². The van der Waals surface area contributed by atoms with Gasteiger partial charge < -0.3 is 30.0 Å². The van der Waals surface area contributed by atoms with Gasteiger partial charge in [0.15, 0.2) is 0 Å². The quantitative estimate of drug-likeness (QED) is 0.337. The molecule has 4 aliphatic rings. The number of halogens is 2. The minimum Gasteiger partial charge on any atom is -0.465 e. The maximum atomic E-state index is 14.6. The van der Waals surface area contributed by atoms with Crippen molar-refractivity contribution in [2.24, 2.45) is 5.92 Å². The first kappa shape index (κ1) is 33.3. The van der Waals surface area contributed by atoms with Gasteiger partial charge in [-0.05, 0) is 126 Å². The van der Waals surface area contributed by atoms with Crippen LogP contribution in [0.5, 0.6) is 0 Å². The van der Waals surface area contributed by atoms with Gasteiger partial charge in [0.05, 0.1) is 5.92 Å². The number of hydrogen-bond donors (Lipinski definition) is 2. The number of anilines is 1. The van der Waals surface area contributed by atoms with Gasteiger partial charge in [-0.25, -0.2) is 9.59 Å². The van der Waals surface area contributed by atoms with E-state index in [4.69, 9.17) is 0 Å². The van der Waals surface area contributed by atoms with Crippen molar-refractivity contribution in [1.82, 2.24) is 19.6 Å². The largest absolute Gasteiger partial charge is 0.465 e. The molecule has 4 aliphatic heterocycles. The topological polar surface area (TPSA) is 96.4 Å². The Kier molecular flexibility index (Phi) is 10.9. The number of benzene rings is 2. The molecule has 2 aromatic carbocycles. The summed E-state index contributed by atoms with van der Waals surface area (Å²) in [7, 11) is 0. The number of likely N-dealkylation sites (tertiary alicyclic amines) is 3. The Labute approximate surface area is 288 Å². The van der Waals surface area contributed by atoms with Crippen LogP contribution in [0, 0.1) is 5.92 Å². The molecule has 0 spiro atoms. The van der Waals surface area contributed by atoms with Gasteiger partial charge in [0.2, 0.25) is 5.91 Å². The average Bonchev–Trinajstić information content (AvgIpc) is 3.44. The van der Waals surface area contributed by atoms with Crippen LogP contribution >= 0.6 is 31.9 Å². The molecule has 2 aromatic rings. The van der Waals surface area contributed by atoms with Crippen LogP contribution in [0.1, 0.15) is 62.5 Å². The van der Waals surface area contributed by atoms with Crippen molar-refractivity contribution >= 4 is 55.6 Å². The molecule has 3 saturated heterocycles. The molecular formula is C35H45Br2N5O4. The highest BCUT2D eigenvalue weighted by molar-refractivity contribution is 9.13. The first-order chi connectivity index (χ1) is 22.3. The zero-order chi connectivity index (χ0) is 32.2. The third-order valence-corrected chi connectivity index (χ3v) is 12.5. The molecule has 0 aliphatic carbocycles. The van der Waals surface area contributed by atoms with E-state index in [9.17, 15) is 19.5 Å². The molecule has 4 amide bonds. The molecule has 46 heavy (non-hydrogen) atoms. The Morgan fingerprint density at radius 1 is 0.870 bits per heavy atom.